The minimum atomic E-state index is 0.245. The van der Waals surface area contributed by atoms with Crippen molar-refractivity contribution in [2.45, 2.75) is 0 Å². The molecule has 0 saturated heterocycles. The highest BCUT2D eigenvalue weighted by Crippen LogP contribution is 2.28. The van der Waals surface area contributed by atoms with Crippen molar-refractivity contribution in [3.63, 3.8) is 0 Å². The molecule has 0 aliphatic heterocycles. The van der Waals surface area contributed by atoms with E-state index in [4.69, 9.17) is 0 Å². The number of rotatable bonds is 2. The third kappa shape index (κ3) is 2.13. The zero-order chi connectivity index (χ0) is 14.9. The van der Waals surface area contributed by atoms with E-state index in [-0.39, 0.29) is 5.75 Å². The van der Waals surface area contributed by atoms with Crippen LogP contribution in [0.2, 0.25) is 0 Å². The normalized spacial score (nSPS) is 10.9. The fourth-order valence-corrected chi connectivity index (χ4v) is 2.61. The van der Waals surface area contributed by atoms with E-state index >= 15 is 0 Å². The lowest BCUT2D eigenvalue weighted by Crippen LogP contribution is -1.84. The van der Waals surface area contributed by atoms with Gasteiger partial charge >= 0.3 is 0 Å². The molecule has 3 nitrogen and oxygen atoms in total. The van der Waals surface area contributed by atoms with E-state index in [1.165, 1.54) is 5.56 Å². The van der Waals surface area contributed by atoms with E-state index in [1.807, 2.05) is 53.1 Å². The van der Waals surface area contributed by atoms with Gasteiger partial charge in [-0.25, -0.2) is 4.98 Å². The molecule has 0 aliphatic carbocycles. The van der Waals surface area contributed by atoms with Crippen LogP contribution in [0.3, 0.4) is 0 Å². The van der Waals surface area contributed by atoms with Crippen LogP contribution >= 0.6 is 0 Å². The summed E-state index contributed by atoms with van der Waals surface area (Å²) in [5.74, 6) is 0.245. The van der Waals surface area contributed by atoms with Gasteiger partial charge in [0.05, 0.1) is 5.69 Å². The Morgan fingerprint density at radius 3 is 2.32 bits per heavy atom. The summed E-state index contributed by atoms with van der Waals surface area (Å²) in [7, 11) is 0. The lowest BCUT2D eigenvalue weighted by molar-refractivity contribution is 0.477. The molecule has 1 N–H and O–H groups in total. The van der Waals surface area contributed by atoms with Crippen molar-refractivity contribution in [2.75, 3.05) is 0 Å². The van der Waals surface area contributed by atoms with Crippen LogP contribution in [0.1, 0.15) is 0 Å². The second-order valence-corrected chi connectivity index (χ2v) is 5.19. The molecule has 2 aromatic heterocycles. The molecule has 2 aromatic carbocycles. The van der Waals surface area contributed by atoms with Crippen molar-refractivity contribution in [3.8, 4) is 28.1 Å². The van der Waals surface area contributed by atoms with E-state index in [0.717, 1.165) is 22.5 Å². The topological polar surface area (TPSA) is 37.5 Å². The number of fused-ring (bicyclic) bond motifs is 1. The van der Waals surface area contributed by atoms with Crippen LogP contribution in [0.4, 0.5) is 0 Å². The van der Waals surface area contributed by atoms with Crippen LogP contribution in [0, 0.1) is 0 Å². The summed E-state index contributed by atoms with van der Waals surface area (Å²) >= 11 is 0. The number of nitrogens with zero attached hydrogens (tertiary/aromatic N) is 2. The number of para-hydroxylation sites is 1. The molecule has 2 heterocycles. The van der Waals surface area contributed by atoms with Gasteiger partial charge in [0.2, 0.25) is 0 Å². The Morgan fingerprint density at radius 1 is 0.727 bits per heavy atom. The number of pyridine rings is 1. The summed E-state index contributed by atoms with van der Waals surface area (Å²) in [6.45, 7) is 0. The van der Waals surface area contributed by atoms with Crippen molar-refractivity contribution in [2.24, 2.45) is 0 Å². The van der Waals surface area contributed by atoms with Gasteiger partial charge < -0.3 is 9.51 Å². The Morgan fingerprint density at radius 2 is 1.50 bits per heavy atom. The largest absolute Gasteiger partial charge is 0.507 e. The molecular formula is C19H14N2O. The van der Waals surface area contributed by atoms with Crippen LogP contribution in [-0.4, -0.2) is 14.5 Å². The Hall–Kier alpha value is -3.07. The first-order valence-electron chi connectivity index (χ1n) is 7.14. The van der Waals surface area contributed by atoms with Crippen molar-refractivity contribution in [1.29, 1.82) is 0 Å². The summed E-state index contributed by atoms with van der Waals surface area (Å²) < 4.78 is 1.99. The number of phenols is 1. The molecule has 0 spiro atoms. The molecule has 0 aliphatic rings. The molecule has 0 fully saturated rings. The van der Waals surface area contributed by atoms with Crippen LogP contribution < -0.4 is 0 Å². The van der Waals surface area contributed by atoms with Gasteiger partial charge in [-0.1, -0.05) is 42.5 Å². The Kier molecular flexibility index (Phi) is 2.90. The van der Waals surface area contributed by atoms with Crippen molar-refractivity contribution in [3.05, 3.63) is 79.1 Å². The van der Waals surface area contributed by atoms with Crippen LogP contribution in [-0.2, 0) is 0 Å². The van der Waals surface area contributed by atoms with Gasteiger partial charge in [-0.05, 0) is 35.4 Å². The van der Waals surface area contributed by atoms with Crippen LogP contribution in [0.25, 0.3) is 28.0 Å². The Labute approximate surface area is 128 Å². The highest BCUT2D eigenvalue weighted by molar-refractivity contribution is 5.70. The fraction of sp³-hybridized carbons (Fsp3) is 0. The fourth-order valence-electron chi connectivity index (χ4n) is 2.61. The van der Waals surface area contributed by atoms with E-state index in [2.05, 4.69) is 29.4 Å². The van der Waals surface area contributed by atoms with Crippen LogP contribution in [0.5, 0.6) is 5.75 Å². The molecule has 3 heteroatoms. The first-order chi connectivity index (χ1) is 10.8. The van der Waals surface area contributed by atoms with E-state index in [0.29, 0.717) is 0 Å². The Bertz CT molecular complexity index is 942. The molecular weight excluding hydrogens is 272 g/mol. The number of hydrogen-bond donors (Lipinski definition) is 1. The third-order valence-electron chi connectivity index (χ3n) is 3.74. The Balaban J connectivity index is 1.84. The number of hydrogen-bond acceptors (Lipinski definition) is 2. The zero-order valence-corrected chi connectivity index (χ0v) is 11.8. The number of aromatic nitrogens is 2. The van der Waals surface area contributed by atoms with Crippen LogP contribution in [0.15, 0.2) is 79.1 Å². The summed E-state index contributed by atoms with van der Waals surface area (Å²) in [6, 6.07) is 21.5. The minimum Gasteiger partial charge on any atom is -0.507 e. The van der Waals surface area contributed by atoms with Crippen molar-refractivity contribution >= 4 is 5.65 Å². The first-order valence-corrected chi connectivity index (χ1v) is 7.14. The maximum Gasteiger partial charge on any atom is 0.137 e. The second kappa shape index (κ2) is 5.04. The highest BCUT2D eigenvalue weighted by atomic mass is 16.3. The van der Waals surface area contributed by atoms with Gasteiger partial charge in [-0.15, -0.1) is 0 Å². The molecule has 0 saturated carbocycles. The zero-order valence-electron chi connectivity index (χ0n) is 11.8. The monoisotopic (exact) mass is 286 g/mol. The van der Waals surface area contributed by atoms with Crippen molar-refractivity contribution in [1.82, 2.24) is 9.38 Å². The highest BCUT2D eigenvalue weighted by Gasteiger charge is 2.08. The van der Waals surface area contributed by atoms with Gasteiger partial charge in [-0.2, -0.15) is 0 Å². The van der Waals surface area contributed by atoms with E-state index in [1.54, 1.807) is 6.07 Å². The van der Waals surface area contributed by atoms with E-state index in [9.17, 15) is 5.11 Å². The summed E-state index contributed by atoms with van der Waals surface area (Å²) in [5.41, 5.74) is 4.67. The molecule has 0 amide bonds. The summed E-state index contributed by atoms with van der Waals surface area (Å²) in [4.78, 5) is 4.58. The number of phenolic OH excluding ortho intramolecular Hbond substituents is 1. The lowest BCUT2D eigenvalue weighted by Gasteiger charge is -2.01. The average molecular weight is 286 g/mol. The maximum atomic E-state index is 9.97. The average Bonchev–Trinajstić information content (AvgIpc) is 2.99. The maximum absolute atomic E-state index is 9.97. The summed E-state index contributed by atoms with van der Waals surface area (Å²) in [5, 5.41) is 9.97. The summed E-state index contributed by atoms with van der Waals surface area (Å²) in [6.07, 6.45) is 4.00. The molecule has 0 radical (unpaired) electrons. The molecule has 22 heavy (non-hydrogen) atoms. The standard InChI is InChI=1S/C19H14N2O/c22-18-9-5-4-8-16(18)17-13-21-12-15(10-11-19(21)20-17)14-6-2-1-3-7-14/h1-13,22H. The smallest absolute Gasteiger partial charge is 0.137 e. The molecule has 106 valence electrons. The van der Waals surface area contributed by atoms with E-state index < -0.39 is 0 Å². The number of benzene rings is 2. The first kappa shape index (κ1) is 12.7. The van der Waals surface area contributed by atoms with Gasteiger partial charge in [0, 0.05) is 18.0 Å². The van der Waals surface area contributed by atoms with Gasteiger partial charge in [0.1, 0.15) is 11.4 Å². The van der Waals surface area contributed by atoms with Gasteiger partial charge in [0.15, 0.2) is 0 Å². The quantitative estimate of drug-likeness (QED) is 0.594. The van der Waals surface area contributed by atoms with Gasteiger partial charge in [0.25, 0.3) is 0 Å². The molecule has 4 rings (SSSR count). The lowest BCUT2D eigenvalue weighted by atomic mass is 10.1. The number of aromatic hydroxyl groups is 1. The molecule has 4 aromatic rings. The number of imidazole rings is 1. The van der Waals surface area contributed by atoms with Gasteiger partial charge in [-0.3, -0.25) is 0 Å². The molecule has 0 bridgehead atoms. The predicted molar refractivity (Wildman–Crippen MR) is 87.7 cm³/mol. The molecule has 0 unspecified atom stereocenters. The minimum absolute atomic E-state index is 0.245. The molecule has 0 atom stereocenters. The second-order valence-electron chi connectivity index (χ2n) is 5.19. The van der Waals surface area contributed by atoms with Crippen molar-refractivity contribution < 1.29 is 5.11 Å². The SMILES string of the molecule is Oc1ccccc1-c1cn2cc(-c3ccccc3)ccc2n1. The third-order valence-corrected chi connectivity index (χ3v) is 3.74. The predicted octanol–water partition coefficient (Wildman–Crippen LogP) is 4.37.